The van der Waals surface area contributed by atoms with Crippen LogP contribution in [0.3, 0.4) is 0 Å². The maximum atomic E-state index is 5.58. The molecule has 0 radical (unpaired) electrons. The van der Waals surface area contributed by atoms with Gasteiger partial charge in [0.15, 0.2) is 5.82 Å². The monoisotopic (exact) mass is 211 g/mol. The Morgan fingerprint density at radius 3 is 2.81 bits per heavy atom. The summed E-state index contributed by atoms with van der Waals surface area (Å²) in [5.74, 6) is 0.725. The zero-order valence-corrected chi connectivity index (χ0v) is 8.38. The number of hydrogen-bond acceptors (Lipinski definition) is 4. The first-order valence-corrected chi connectivity index (χ1v) is 4.84. The van der Waals surface area contributed by atoms with Gasteiger partial charge in [-0.25, -0.2) is 4.98 Å². The van der Waals surface area contributed by atoms with Gasteiger partial charge in [-0.1, -0.05) is 0 Å². The van der Waals surface area contributed by atoms with Crippen LogP contribution in [0.2, 0.25) is 0 Å². The molecule has 0 aliphatic heterocycles. The number of pyridine rings is 2. The van der Waals surface area contributed by atoms with Crippen molar-refractivity contribution in [2.24, 2.45) is 0 Å². The van der Waals surface area contributed by atoms with Gasteiger partial charge in [0, 0.05) is 6.20 Å². The lowest BCUT2D eigenvalue weighted by molar-refractivity contribution is 1.24. The number of nitrogens with one attached hydrogen (secondary N) is 1. The van der Waals surface area contributed by atoms with Crippen LogP contribution >= 0.6 is 0 Å². The van der Waals surface area contributed by atoms with Crippen LogP contribution in [-0.2, 0) is 0 Å². The number of H-pyrrole nitrogens is 1. The highest BCUT2D eigenvalue weighted by atomic mass is 15.0. The van der Waals surface area contributed by atoms with Crippen molar-refractivity contribution in [1.82, 2.24) is 19.9 Å². The van der Waals surface area contributed by atoms with Gasteiger partial charge in [-0.05, 0) is 18.2 Å². The van der Waals surface area contributed by atoms with E-state index < -0.39 is 0 Å². The van der Waals surface area contributed by atoms with Crippen LogP contribution in [0.1, 0.15) is 0 Å². The molecule has 78 valence electrons. The number of aromatic nitrogens is 4. The Kier molecular flexibility index (Phi) is 1.83. The predicted molar refractivity (Wildman–Crippen MR) is 61.5 cm³/mol. The van der Waals surface area contributed by atoms with Crippen LogP contribution < -0.4 is 5.73 Å². The first kappa shape index (κ1) is 8.84. The molecular formula is C11H9N5. The molecule has 0 aromatic carbocycles. The highest BCUT2D eigenvalue weighted by molar-refractivity contribution is 5.77. The number of nitrogens with zero attached hydrogens (tertiary/aromatic N) is 3. The van der Waals surface area contributed by atoms with Crippen LogP contribution in [-0.4, -0.2) is 19.9 Å². The van der Waals surface area contributed by atoms with Gasteiger partial charge in [0.25, 0.3) is 0 Å². The first-order valence-electron chi connectivity index (χ1n) is 4.84. The number of hydrogen-bond donors (Lipinski definition) is 2. The molecule has 0 aliphatic carbocycles. The van der Waals surface area contributed by atoms with Crippen LogP contribution in [0.15, 0.2) is 36.8 Å². The lowest BCUT2D eigenvalue weighted by Crippen LogP contribution is -1.89. The van der Waals surface area contributed by atoms with Gasteiger partial charge < -0.3 is 10.7 Å². The Morgan fingerprint density at radius 2 is 2.06 bits per heavy atom. The fourth-order valence-electron chi connectivity index (χ4n) is 1.52. The molecule has 0 saturated carbocycles. The summed E-state index contributed by atoms with van der Waals surface area (Å²) in [7, 11) is 0. The zero-order chi connectivity index (χ0) is 11.0. The van der Waals surface area contributed by atoms with Gasteiger partial charge in [-0.15, -0.1) is 0 Å². The third kappa shape index (κ3) is 1.38. The summed E-state index contributed by atoms with van der Waals surface area (Å²) in [6, 6.07) is 5.49. The summed E-state index contributed by atoms with van der Waals surface area (Å²) in [6.07, 6.45) is 5.06. The molecule has 5 nitrogen and oxygen atoms in total. The van der Waals surface area contributed by atoms with Crippen LogP contribution in [0.5, 0.6) is 0 Å². The highest BCUT2D eigenvalue weighted by Gasteiger charge is 2.05. The molecule has 0 fully saturated rings. The molecule has 3 rings (SSSR count). The van der Waals surface area contributed by atoms with E-state index in [4.69, 9.17) is 5.73 Å². The van der Waals surface area contributed by atoms with E-state index in [0.29, 0.717) is 5.69 Å². The molecule has 3 aromatic heterocycles. The van der Waals surface area contributed by atoms with Crippen molar-refractivity contribution in [2.75, 3.05) is 5.73 Å². The molecule has 0 bridgehead atoms. The van der Waals surface area contributed by atoms with Gasteiger partial charge in [-0.3, -0.25) is 9.97 Å². The molecular weight excluding hydrogens is 202 g/mol. The summed E-state index contributed by atoms with van der Waals surface area (Å²) < 4.78 is 0. The molecule has 0 spiro atoms. The van der Waals surface area contributed by atoms with Gasteiger partial charge in [-0.2, -0.15) is 0 Å². The predicted octanol–water partition coefficient (Wildman–Crippen LogP) is 1.60. The van der Waals surface area contributed by atoms with Gasteiger partial charge >= 0.3 is 0 Å². The minimum atomic E-state index is 0.640. The summed E-state index contributed by atoms with van der Waals surface area (Å²) in [5, 5.41) is 0. The number of nitrogen functional groups attached to an aromatic ring is 1. The van der Waals surface area contributed by atoms with E-state index in [1.165, 1.54) is 0 Å². The Bertz CT molecular complexity index is 593. The smallest absolute Gasteiger partial charge is 0.157 e. The molecule has 0 unspecified atom stereocenters. The zero-order valence-electron chi connectivity index (χ0n) is 8.38. The Labute approximate surface area is 91.4 Å². The van der Waals surface area contributed by atoms with E-state index in [2.05, 4.69) is 19.9 Å². The van der Waals surface area contributed by atoms with Crippen molar-refractivity contribution in [3.63, 3.8) is 0 Å². The Morgan fingerprint density at radius 1 is 1.12 bits per heavy atom. The lowest BCUT2D eigenvalue weighted by Gasteiger charge is -1.95. The molecule has 5 heteroatoms. The number of fused-ring (bicyclic) bond motifs is 1. The van der Waals surface area contributed by atoms with E-state index >= 15 is 0 Å². The molecule has 3 heterocycles. The van der Waals surface area contributed by atoms with E-state index in [-0.39, 0.29) is 0 Å². The summed E-state index contributed by atoms with van der Waals surface area (Å²) in [4.78, 5) is 15.8. The average Bonchev–Trinajstić information content (AvgIpc) is 2.73. The minimum Gasteiger partial charge on any atom is -0.397 e. The maximum Gasteiger partial charge on any atom is 0.157 e. The number of imidazole rings is 1. The minimum absolute atomic E-state index is 0.640. The summed E-state index contributed by atoms with van der Waals surface area (Å²) in [6.45, 7) is 0. The summed E-state index contributed by atoms with van der Waals surface area (Å²) >= 11 is 0. The average molecular weight is 211 g/mol. The standard InChI is InChI=1S/C11H9N5/c12-7-1-2-9(14-5-7)11-15-8-3-4-13-6-10(8)16-11/h1-6H,12H2,(H,15,16). The van der Waals surface area contributed by atoms with Crippen molar-refractivity contribution >= 4 is 16.7 Å². The molecule has 0 aliphatic rings. The van der Waals surface area contributed by atoms with Crippen molar-refractivity contribution in [3.05, 3.63) is 36.8 Å². The fourth-order valence-corrected chi connectivity index (χ4v) is 1.52. The second-order valence-corrected chi connectivity index (χ2v) is 3.46. The molecule has 3 N–H and O–H groups in total. The second kappa shape index (κ2) is 3.30. The van der Waals surface area contributed by atoms with Crippen molar-refractivity contribution < 1.29 is 0 Å². The number of nitrogens with two attached hydrogens (primary N) is 1. The van der Waals surface area contributed by atoms with Crippen molar-refractivity contribution in [2.45, 2.75) is 0 Å². The molecule has 0 saturated heterocycles. The van der Waals surface area contributed by atoms with Crippen molar-refractivity contribution in [1.29, 1.82) is 0 Å². The topological polar surface area (TPSA) is 80.5 Å². The lowest BCUT2D eigenvalue weighted by atomic mass is 10.3. The van der Waals surface area contributed by atoms with Crippen LogP contribution in [0.25, 0.3) is 22.6 Å². The van der Waals surface area contributed by atoms with Gasteiger partial charge in [0.1, 0.15) is 5.69 Å². The van der Waals surface area contributed by atoms with Gasteiger partial charge in [0.2, 0.25) is 0 Å². The number of anilines is 1. The summed E-state index contributed by atoms with van der Waals surface area (Å²) in [5.41, 5.74) is 8.76. The fraction of sp³-hybridized carbons (Fsp3) is 0. The SMILES string of the molecule is Nc1ccc(-c2nc3ccncc3[nH]2)nc1. The van der Waals surface area contributed by atoms with E-state index in [1.54, 1.807) is 24.7 Å². The highest BCUT2D eigenvalue weighted by Crippen LogP contribution is 2.18. The Hall–Kier alpha value is -2.43. The maximum absolute atomic E-state index is 5.58. The third-order valence-electron chi connectivity index (χ3n) is 2.31. The quantitative estimate of drug-likeness (QED) is 0.640. The Balaban J connectivity index is 2.15. The molecule has 16 heavy (non-hydrogen) atoms. The third-order valence-corrected chi connectivity index (χ3v) is 2.31. The van der Waals surface area contributed by atoms with Crippen molar-refractivity contribution in [3.8, 4) is 11.5 Å². The normalized spacial score (nSPS) is 10.8. The molecule has 3 aromatic rings. The van der Waals surface area contributed by atoms with E-state index in [9.17, 15) is 0 Å². The van der Waals surface area contributed by atoms with Gasteiger partial charge in [0.05, 0.1) is 29.1 Å². The van der Waals surface area contributed by atoms with Crippen LogP contribution in [0, 0.1) is 0 Å². The molecule has 0 atom stereocenters. The second-order valence-electron chi connectivity index (χ2n) is 3.46. The largest absolute Gasteiger partial charge is 0.397 e. The first-order chi connectivity index (χ1) is 7.83. The number of rotatable bonds is 1. The van der Waals surface area contributed by atoms with E-state index in [0.717, 1.165) is 22.6 Å². The van der Waals surface area contributed by atoms with E-state index in [1.807, 2.05) is 12.1 Å². The number of aromatic amines is 1. The molecule has 0 amide bonds. The van der Waals surface area contributed by atoms with Crippen LogP contribution in [0.4, 0.5) is 5.69 Å².